The van der Waals surface area contributed by atoms with Gasteiger partial charge in [-0.2, -0.15) is 9.78 Å². The van der Waals surface area contributed by atoms with E-state index in [0.29, 0.717) is 17.4 Å². The number of para-hydroxylation sites is 1. The van der Waals surface area contributed by atoms with Gasteiger partial charge < -0.3 is 10.5 Å². The van der Waals surface area contributed by atoms with E-state index in [4.69, 9.17) is 22.1 Å². The molecule has 0 bridgehead atoms. The summed E-state index contributed by atoms with van der Waals surface area (Å²) in [7, 11) is 1.59. The highest BCUT2D eigenvalue weighted by molar-refractivity contribution is 6.32. The maximum absolute atomic E-state index is 6.09. The minimum absolute atomic E-state index is 0.383. The Hall–Kier alpha value is -1.52. The SMILES string of the molecule is COc1c(CN)cnn1-c1ccccc1Cl. The fourth-order valence-corrected chi connectivity index (χ4v) is 1.74. The lowest BCUT2D eigenvalue weighted by Gasteiger charge is -2.08. The summed E-state index contributed by atoms with van der Waals surface area (Å²) in [6.07, 6.45) is 1.68. The molecule has 1 aromatic heterocycles. The van der Waals surface area contributed by atoms with E-state index in [1.807, 2.05) is 18.2 Å². The molecule has 0 aliphatic carbocycles. The third-order valence-corrected chi connectivity index (χ3v) is 2.61. The number of ether oxygens (including phenoxy) is 1. The number of methoxy groups -OCH3 is 1. The average molecular weight is 238 g/mol. The maximum Gasteiger partial charge on any atom is 0.221 e. The van der Waals surface area contributed by atoms with Crippen LogP contribution in [-0.2, 0) is 6.54 Å². The van der Waals surface area contributed by atoms with Crippen LogP contribution in [0.3, 0.4) is 0 Å². The Bertz CT molecular complexity index is 496. The third kappa shape index (κ3) is 1.77. The summed E-state index contributed by atoms with van der Waals surface area (Å²) < 4.78 is 6.92. The van der Waals surface area contributed by atoms with Crippen LogP contribution in [0.1, 0.15) is 5.56 Å². The molecule has 1 heterocycles. The molecule has 0 aliphatic rings. The van der Waals surface area contributed by atoms with E-state index < -0.39 is 0 Å². The quantitative estimate of drug-likeness (QED) is 0.888. The van der Waals surface area contributed by atoms with E-state index >= 15 is 0 Å². The summed E-state index contributed by atoms with van der Waals surface area (Å²) in [6, 6.07) is 7.44. The monoisotopic (exact) mass is 237 g/mol. The lowest BCUT2D eigenvalue weighted by atomic mass is 10.3. The van der Waals surface area contributed by atoms with Crippen LogP contribution in [0.2, 0.25) is 5.02 Å². The van der Waals surface area contributed by atoms with Crippen LogP contribution in [0.15, 0.2) is 30.5 Å². The van der Waals surface area contributed by atoms with Gasteiger partial charge in [-0.05, 0) is 12.1 Å². The highest BCUT2D eigenvalue weighted by Crippen LogP contribution is 2.26. The van der Waals surface area contributed by atoms with E-state index in [9.17, 15) is 0 Å². The van der Waals surface area contributed by atoms with E-state index in [-0.39, 0.29) is 0 Å². The van der Waals surface area contributed by atoms with Crippen molar-refractivity contribution >= 4 is 11.6 Å². The second kappa shape index (κ2) is 4.55. The van der Waals surface area contributed by atoms with Crippen molar-refractivity contribution in [1.29, 1.82) is 0 Å². The van der Waals surface area contributed by atoms with Gasteiger partial charge in [-0.15, -0.1) is 0 Å². The first-order valence-electron chi connectivity index (χ1n) is 4.83. The molecular formula is C11H12ClN3O. The molecule has 0 spiro atoms. The predicted molar refractivity (Wildman–Crippen MR) is 63.0 cm³/mol. The zero-order valence-corrected chi connectivity index (χ0v) is 9.61. The lowest BCUT2D eigenvalue weighted by molar-refractivity contribution is 0.379. The van der Waals surface area contributed by atoms with Gasteiger partial charge in [0, 0.05) is 12.1 Å². The molecule has 16 heavy (non-hydrogen) atoms. The van der Waals surface area contributed by atoms with Crippen LogP contribution in [0.5, 0.6) is 5.88 Å². The summed E-state index contributed by atoms with van der Waals surface area (Å²) in [5.41, 5.74) is 7.22. The first-order chi connectivity index (χ1) is 7.77. The van der Waals surface area contributed by atoms with Crippen molar-refractivity contribution < 1.29 is 4.74 Å². The van der Waals surface area contributed by atoms with Gasteiger partial charge in [0.1, 0.15) is 0 Å². The lowest BCUT2D eigenvalue weighted by Crippen LogP contribution is -2.03. The summed E-state index contributed by atoms with van der Waals surface area (Å²) >= 11 is 6.09. The zero-order chi connectivity index (χ0) is 11.5. The Morgan fingerprint density at radius 3 is 2.81 bits per heavy atom. The Labute approximate surface area is 98.6 Å². The molecule has 0 aliphatic heterocycles. The van der Waals surface area contributed by atoms with Crippen molar-refractivity contribution in [3.8, 4) is 11.6 Å². The molecule has 0 radical (unpaired) electrons. The molecule has 4 nitrogen and oxygen atoms in total. The molecule has 0 unspecified atom stereocenters. The molecule has 0 saturated carbocycles. The van der Waals surface area contributed by atoms with Crippen LogP contribution in [0.25, 0.3) is 5.69 Å². The molecule has 0 amide bonds. The molecule has 1 aromatic carbocycles. The van der Waals surface area contributed by atoms with Crippen molar-refractivity contribution in [2.75, 3.05) is 7.11 Å². The number of nitrogens with two attached hydrogens (primary N) is 1. The Morgan fingerprint density at radius 2 is 2.19 bits per heavy atom. The largest absolute Gasteiger partial charge is 0.481 e. The molecule has 5 heteroatoms. The number of hydrogen-bond acceptors (Lipinski definition) is 3. The van der Waals surface area contributed by atoms with Gasteiger partial charge in [0.15, 0.2) is 0 Å². The number of benzene rings is 1. The fraction of sp³-hybridized carbons (Fsp3) is 0.182. The third-order valence-electron chi connectivity index (χ3n) is 2.29. The van der Waals surface area contributed by atoms with Gasteiger partial charge in [0.2, 0.25) is 5.88 Å². The molecule has 84 valence electrons. The van der Waals surface area contributed by atoms with Crippen molar-refractivity contribution in [3.05, 3.63) is 41.0 Å². The fourth-order valence-electron chi connectivity index (χ4n) is 1.52. The summed E-state index contributed by atoms with van der Waals surface area (Å²) in [5, 5.41) is 4.83. The number of halogens is 1. The number of nitrogens with zero attached hydrogens (tertiary/aromatic N) is 2. The minimum Gasteiger partial charge on any atom is -0.481 e. The van der Waals surface area contributed by atoms with Gasteiger partial charge in [-0.3, -0.25) is 0 Å². The molecule has 2 aromatic rings. The van der Waals surface area contributed by atoms with Crippen molar-refractivity contribution in [1.82, 2.24) is 9.78 Å². The van der Waals surface area contributed by atoms with Crippen LogP contribution in [-0.4, -0.2) is 16.9 Å². The van der Waals surface area contributed by atoms with Crippen LogP contribution in [0.4, 0.5) is 0 Å². The highest BCUT2D eigenvalue weighted by atomic mass is 35.5. The molecule has 0 fully saturated rings. The number of hydrogen-bond donors (Lipinski definition) is 1. The minimum atomic E-state index is 0.383. The Balaban J connectivity index is 2.56. The van der Waals surface area contributed by atoms with Crippen molar-refractivity contribution in [2.45, 2.75) is 6.54 Å². The first kappa shape index (κ1) is 11.0. The average Bonchev–Trinajstić information content (AvgIpc) is 2.72. The number of rotatable bonds is 3. The van der Waals surface area contributed by atoms with Gasteiger partial charge in [-0.25, -0.2) is 0 Å². The standard InChI is InChI=1S/C11H12ClN3O/c1-16-11-8(6-13)7-14-15(11)10-5-3-2-4-9(10)12/h2-5,7H,6,13H2,1H3. The Kier molecular flexibility index (Phi) is 3.12. The van der Waals surface area contributed by atoms with Crippen LogP contribution in [0, 0.1) is 0 Å². The van der Waals surface area contributed by atoms with Gasteiger partial charge in [0.25, 0.3) is 0 Å². The Morgan fingerprint density at radius 1 is 1.44 bits per heavy atom. The topological polar surface area (TPSA) is 53.1 Å². The van der Waals surface area contributed by atoms with E-state index in [2.05, 4.69) is 5.10 Å². The second-order valence-corrected chi connectivity index (χ2v) is 3.65. The van der Waals surface area contributed by atoms with E-state index in [1.54, 1.807) is 24.1 Å². The molecular weight excluding hydrogens is 226 g/mol. The van der Waals surface area contributed by atoms with Gasteiger partial charge >= 0.3 is 0 Å². The second-order valence-electron chi connectivity index (χ2n) is 3.25. The van der Waals surface area contributed by atoms with Crippen molar-refractivity contribution in [3.63, 3.8) is 0 Å². The van der Waals surface area contributed by atoms with Crippen LogP contribution < -0.4 is 10.5 Å². The zero-order valence-electron chi connectivity index (χ0n) is 8.85. The predicted octanol–water partition coefficient (Wildman–Crippen LogP) is 1.99. The van der Waals surface area contributed by atoms with Gasteiger partial charge in [-0.1, -0.05) is 23.7 Å². The molecule has 0 atom stereocenters. The maximum atomic E-state index is 6.09. The summed E-state index contributed by atoms with van der Waals surface area (Å²) in [6.45, 7) is 0.383. The number of aromatic nitrogens is 2. The highest BCUT2D eigenvalue weighted by Gasteiger charge is 2.13. The van der Waals surface area contributed by atoms with Gasteiger partial charge in [0.05, 0.1) is 24.0 Å². The van der Waals surface area contributed by atoms with E-state index in [1.165, 1.54) is 0 Å². The summed E-state index contributed by atoms with van der Waals surface area (Å²) in [5.74, 6) is 0.621. The summed E-state index contributed by atoms with van der Waals surface area (Å²) in [4.78, 5) is 0. The molecule has 2 rings (SSSR count). The molecule has 0 saturated heterocycles. The first-order valence-corrected chi connectivity index (χ1v) is 5.21. The molecule has 2 N–H and O–H groups in total. The smallest absolute Gasteiger partial charge is 0.221 e. The van der Waals surface area contributed by atoms with Crippen molar-refractivity contribution in [2.24, 2.45) is 5.73 Å². The van der Waals surface area contributed by atoms with Crippen LogP contribution >= 0.6 is 11.6 Å². The normalized spacial score (nSPS) is 10.4. The van der Waals surface area contributed by atoms with E-state index in [0.717, 1.165) is 11.3 Å².